The van der Waals surface area contributed by atoms with Gasteiger partial charge in [-0.2, -0.15) is 0 Å². The smallest absolute Gasteiger partial charge is 0.229 e. The second kappa shape index (κ2) is 9.40. The van der Waals surface area contributed by atoms with Crippen molar-refractivity contribution < 1.29 is 0 Å². The van der Waals surface area contributed by atoms with E-state index in [0.717, 1.165) is 24.3 Å². The van der Waals surface area contributed by atoms with Crippen LogP contribution < -0.4 is 4.90 Å². The van der Waals surface area contributed by atoms with Gasteiger partial charge in [-0.15, -0.1) is 21.6 Å². The van der Waals surface area contributed by atoms with E-state index < -0.39 is 0 Å². The molecule has 0 aliphatic heterocycles. The van der Waals surface area contributed by atoms with E-state index in [1.165, 1.54) is 42.7 Å². The highest BCUT2D eigenvalue weighted by Crippen LogP contribution is 2.27. The van der Waals surface area contributed by atoms with Crippen LogP contribution >= 0.6 is 11.3 Å². The third-order valence-corrected chi connectivity index (χ3v) is 4.43. The van der Waals surface area contributed by atoms with Gasteiger partial charge in [-0.05, 0) is 43.5 Å². The second-order valence-electron chi connectivity index (χ2n) is 5.68. The van der Waals surface area contributed by atoms with Crippen LogP contribution in [0.15, 0.2) is 40.0 Å². The first kappa shape index (κ1) is 17.6. The van der Waals surface area contributed by atoms with Crippen molar-refractivity contribution in [1.82, 2.24) is 4.98 Å². The fourth-order valence-electron chi connectivity index (χ4n) is 2.38. The molecule has 0 unspecified atom stereocenters. The zero-order chi connectivity index (χ0) is 16.5. The van der Waals surface area contributed by atoms with E-state index in [-0.39, 0.29) is 0 Å². The lowest BCUT2D eigenvalue weighted by Crippen LogP contribution is -2.25. The Morgan fingerprint density at radius 2 is 1.83 bits per heavy atom. The number of nitrogens with zero attached hydrogens (tertiary/aromatic N) is 4. The average molecular weight is 331 g/mol. The van der Waals surface area contributed by atoms with Crippen LogP contribution in [0.5, 0.6) is 0 Å². The van der Waals surface area contributed by atoms with Crippen molar-refractivity contribution >= 4 is 27.8 Å². The average Bonchev–Trinajstić information content (AvgIpc) is 3.07. The second-order valence-corrected chi connectivity index (χ2v) is 6.55. The third kappa shape index (κ3) is 5.43. The number of aromatic nitrogens is 1. The molecular weight excluding hydrogens is 304 g/mol. The summed E-state index contributed by atoms with van der Waals surface area (Å²) in [5, 5.41) is 11.1. The first-order valence-corrected chi connectivity index (χ1v) is 9.29. The summed E-state index contributed by atoms with van der Waals surface area (Å²) in [6.07, 6.45) is 6.65. The number of thiazole rings is 1. The molecule has 1 heterocycles. The molecule has 0 radical (unpaired) electrons. The molecule has 0 aliphatic carbocycles. The number of benzene rings is 1. The van der Waals surface area contributed by atoms with Gasteiger partial charge in [0.2, 0.25) is 5.13 Å². The molecule has 0 fully saturated rings. The normalized spacial score (nSPS) is 11.3. The minimum absolute atomic E-state index is 0.695. The lowest BCUT2D eigenvalue weighted by Gasteiger charge is -2.25. The van der Waals surface area contributed by atoms with Gasteiger partial charge in [-0.3, -0.25) is 0 Å². The zero-order valence-corrected chi connectivity index (χ0v) is 15.1. The largest absolute Gasteiger partial charge is 0.372 e. The van der Waals surface area contributed by atoms with Gasteiger partial charge in [0, 0.05) is 30.4 Å². The van der Waals surface area contributed by atoms with Crippen LogP contribution in [0.1, 0.15) is 45.1 Å². The summed E-state index contributed by atoms with van der Waals surface area (Å²) in [6.45, 7) is 8.82. The van der Waals surface area contributed by atoms with Gasteiger partial charge in [-0.25, -0.2) is 4.98 Å². The third-order valence-electron chi connectivity index (χ3n) is 3.77. The summed E-state index contributed by atoms with van der Waals surface area (Å²) in [4.78, 5) is 6.61. The Balaban J connectivity index is 2.11. The molecule has 5 heteroatoms. The highest BCUT2D eigenvalue weighted by atomic mass is 32.1. The number of anilines is 1. The quantitative estimate of drug-likeness (QED) is 0.508. The maximum Gasteiger partial charge on any atom is 0.229 e. The standard InChI is InChI=1S/C18H26N4S/c1-4-6-11-22(12-7-5-2)16-8-9-17(15(3)14-16)20-21-18-19-10-13-23-18/h8-10,13-14H,4-7,11-12H2,1-3H3. The summed E-state index contributed by atoms with van der Waals surface area (Å²) >= 11 is 1.49. The van der Waals surface area contributed by atoms with E-state index in [2.05, 4.69) is 59.1 Å². The van der Waals surface area contributed by atoms with Crippen molar-refractivity contribution in [2.45, 2.75) is 46.5 Å². The van der Waals surface area contributed by atoms with Crippen LogP contribution in [0.3, 0.4) is 0 Å². The minimum Gasteiger partial charge on any atom is -0.372 e. The van der Waals surface area contributed by atoms with Gasteiger partial charge in [-0.1, -0.05) is 26.7 Å². The first-order valence-electron chi connectivity index (χ1n) is 8.41. The first-order chi connectivity index (χ1) is 11.2. The van der Waals surface area contributed by atoms with Crippen molar-refractivity contribution in [1.29, 1.82) is 0 Å². The van der Waals surface area contributed by atoms with E-state index in [1.807, 2.05) is 5.38 Å². The maximum absolute atomic E-state index is 4.33. The number of azo groups is 1. The highest BCUT2D eigenvalue weighted by Gasteiger charge is 2.07. The monoisotopic (exact) mass is 330 g/mol. The van der Waals surface area contributed by atoms with Gasteiger partial charge in [0.15, 0.2) is 0 Å². The molecule has 0 N–H and O–H groups in total. The fourth-order valence-corrected chi connectivity index (χ4v) is 2.83. The van der Waals surface area contributed by atoms with E-state index in [4.69, 9.17) is 0 Å². The van der Waals surface area contributed by atoms with Crippen molar-refractivity contribution in [3.05, 3.63) is 35.3 Å². The topological polar surface area (TPSA) is 40.9 Å². The molecule has 1 aromatic carbocycles. The van der Waals surface area contributed by atoms with E-state index in [9.17, 15) is 0 Å². The van der Waals surface area contributed by atoms with Crippen LogP contribution in [-0.4, -0.2) is 18.1 Å². The Hall–Kier alpha value is -1.75. The number of aryl methyl sites for hydroxylation is 1. The van der Waals surface area contributed by atoms with Gasteiger partial charge in [0.25, 0.3) is 0 Å². The Labute approximate surface area is 143 Å². The van der Waals surface area contributed by atoms with Gasteiger partial charge in [0.05, 0.1) is 5.69 Å². The van der Waals surface area contributed by atoms with Crippen molar-refractivity contribution in [3.8, 4) is 0 Å². The highest BCUT2D eigenvalue weighted by molar-refractivity contribution is 7.13. The number of hydrogen-bond acceptors (Lipinski definition) is 5. The summed E-state index contributed by atoms with van der Waals surface area (Å²) in [7, 11) is 0. The minimum atomic E-state index is 0.695. The lowest BCUT2D eigenvalue weighted by atomic mass is 10.1. The molecule has 0 aliphatic rings. The predicted octanol–water partition coefficient (Wildman–Crippen LogP) is 6.27. The van der Waals surface area contributed by atoms with E-state index in [1.54, 1.807) is 6.20 Å². The molecule has 0 bridgehead atoms. The fraction of sp³-hybridized carbons (Fsp3) is 0.500. The molecule has 4 nitrogen and oxygen atoms in total. The summed E-state index contributed by atoms with van der Waals surface area (Å²) in [5.74, 6) is 0. The molecule has 1 aromatic heterocycles. The van der Waals surface area contributed by atoms with Crippen LogP contribution in [0.4, 0.5) is 16.5 Å². The van der Waals surface area contributed by atoms with Crippen molar-refractivity contribution in [3.63, 3.8) is 0 Å². The molecule has 0 amide bonds. The molecule has 0 atom stereocenters. The van der Waals surface area contributed by atoms with Gasteiger partial charge in [0.1, 0.15) is 0 Å². The van der Waals surface area contributed by atoms with Gasteiger partial charge >= 0.3 is 0 Å². The molecule has 23 heavy (non-hydrogen) atoms. The molecule has 0 spiro atoms. The molecular formula is C18H26N4S. The van der Waals surface area contributed by atoms with Crippen molar-refractivity contribution in [2.24, 2.45) is 10.2 Å². The number of rotatable bonds is 9. The van der Waals surface area contributed by atoms with Crippen LogP contribution in [0.2, 0.25) is 0 Å². The predicted molar refractivity (Wildman–Crippen MR) is 99.5 cm³/mol. The Kier molecular flexibility index (Phi) is 7.20. The SMILES string of the molecule is CCCCN(CCCC)c1ccc(N=Nc2nccs2)c(C)c1. The molecule has 0 saturated heterocycles. The lowest BCUT2D eigenvalue weighted by molar-refractivity contribution is 0.678. The van der Waals surface area contributed by atoms with E-state index in [0.29, 0.717) is 5.13 Å². The van der Waals surface area contributed by atoms with Crippen molar-refractivity contribution in [2.75, 3.05) is 18.0 Å². The Morgan fingerprint density at radius 1 is 1.09 bits per heavy atom. The molecule has 2 aromatic rings. The molecule has 124 valence electrons. The summed E-state index contributed by atoms with van der Waals surface area (Å²) in [6, 6.07) is 6.45. The Morgan fingerprint density at radius 3 is 2.39 bits per heavy atom. The number of hydrogen-bond donors (Lipinski definition) is 0. The summed E-state index contributed by atoms with van der Waals surface area (Å²) in [5.41, 5.74) is 3.35. The van der Waals surface area contributed by atoms with Crippen LogP contribution in [0, 0.1) is 6.92 Å². The molecule has 0 saturated carbocycles. The Bertz CT molecular complexity index is 599. The number of unbranched alkanes of at least 4 members (excludes halogenated alkanes) is 2. The summed E-state index contributed by atoms with van der Waals surface area (Å²) < 4.78 is 0. The van der Waals surface area contributed by atoms with Gasteiger partial charge < -0.3 is 4.90 Å². The maximum atomic E-state index is 4.33. The van der Waals surface area contributed by atoms with E-state index >= 15 is 0 Å². The van der Waals surface area contributed by atoms with Crippen LogP contribution in [-0.2, 0) is 0 Å². The zero-order valence-electron chi connectivity index (χ0n) is 14.3. The van der Waals surface area contributed by atoms with Crippen LogP contribution in [0.25, 0.3) is 0 Å². The molecule has 2 rings (SSSR count).